The van der Waals surface area contributed by atoms with E-state index in [9.17, 15) is 14.4 Å². The van der Waals surface area contributed by atoms with Crippen molar-refractivity contribution in [3.8, 4) is 0 Å². The zero-order valence-electron chi connectivity index (χ0n) is 29.6. The van der Waals surface area contributed by atoms with E-state index in [4.69, 9.17) is 9.47 Å². The molecule has 1 aliphatic heterocycles. The minimum atomic E-state index is -0.626. The van der Waals surface area contributed by atoms with Crippen LogP contribution in [0, 0.1) is 51.2 Å². The summed E-state index contributed by atoms with van der Waals surface area (Å²) in [5.41, 5.74) is 1.86. The fourth-order valence-corrected chi connectivity index (χ4v) is 12.7. The summed E-state index contributed by atoms with van der Waals surface area (Å²) in [5.74, 6) is 1.89. The highest BCUT2D eigenvalue weighted by molar-refractivity contribution is 6.02. The van der Waals surface area contributed by atoms with Gasteiger partial charge in [0.05, 0.1) is 12.1 Å². The fraction of sp³-hybridized carbons (Fsp3) is 0.868. The number of hydrogen-bond donors (Lipinski definition) is 1. The molecule has 1 saturated heterocycles. The van der Waals surface area contributed by atoms with Crippen LogP contribution in [0.4, 0.5) is 4.79 Å². The first-order valence-electron chi connectivity index (χ1n) is 18.1. The smallest absolute Gasteiger partial charge is 0.407 e. The number of esters is 1. The van der Waals surface area contributed by atoms with Gasteiger partial charge in [0.1, 0.15) is 6.10 Å². The SMILES string of the molecule is CC(=O)O[C@H]1CC[C@@]2(C)C(CC[C@]3(C)C2CCC2C4=C(C(C)C)C(=O)C[C@]4(NC(=O)OCC4CCN(C)C4)CC[C@]23C)C1(C)C. The van der Waals surface area contributed by atoms with E-state index in [0.29, 0.717) is 30.8 Å². The largest absolute Gasteiger partial charge is 0.462 e. The lowest BCUT2D eigenvalue weighted by Crippen LogP contribution is -2.67. The second kappa shape index (κ2) is 11.1. The molecule has 45 heavy (non-hydrogen) atoms. The second-order valence-electron chi connectivity index (χ2n) is 17.9. The predicted octanol–water partition coefficient (Wildman–Crippen LogP) is 7.33. The molecule has 6 rings (SSSR count). The molecule has 0 bridgehead atoms. The van der Waals surface area contributed by atoms with Gasteiger partial charge in [-0.25, -0.2) is 4.79 Å². The zero-order valence-corrected chi connectivity index (χ0v) is 29.6. The molecule has 6 aliphatic rings. The van der Waals surface area contributed by atoms with Crippen molar-refractivity contribution in [2.24, 2.45) is 51.2 Å². The Bertz CT molecular complexity index is 1270. The number of ketones is 1. The molecule has 0 aromatic heterocycles. The van der Waals surface area contributed by atoms with Gasteiger partial charge in [0.15, 0.2) is 5.78 Å². The van der Waals surface area contributed by atoms with Crippen LogP contribution >= 0.6 is 0 Å². The number of nitrogens with one attached hydrogen (secondary N) is 1. The highest BCUT2D eigenvalue weighted by Gasteiger charge is 2.70. The van der Waals surface area contributed by atoms with Crippen molar-refractivity contribution in [2.45, 2.75) is 131 Å². The van der Waals surface area contributed by atoms with Crippen LogP contribution in [-0.4, -0.2) is 61.1 Å². The molecule has 0 aromatic carbocycles. The van der Waals surface area contributed by atoms with Crippen molar-refractivity contribution < 1.29 is 23.9 Å². The Morgan fingerprint density at radius 3 is 2.31 bits per heavy atom. The first-order valence-corrected chi connectivity index (χ1v) is 18.1. The maximum Gasteiger partial charge on any atom is 0.407 e. The van der Waals surface area contributed by atoms with Crippen molar-refractivity contribution in [2.75, 3.05) is 26.7 Å². The number of fused-ring (bicyclic) bond motifs is 7. The van der Waals surface area contributed by atoms with Crippen molar-refractivity contribution in [3.05, 3.63) is 11.1 Å². The molecule has 7 heteroatoms. The van der Waals surface area contributed by atoms with E-state index in [1.165, 1.54) is 5.57 Å². The summed E-state index contributed by atoms with van der Waals surface area (Å²) in [6.07, 6.45) is 9.33. The van der Waals surface area contributed by atoms with Crippen LogP contribution in [0.5, 0.6) is 0 Å². The lowest BCUT2D eigenvalue weighted by Gasteiger charge is -2.72. The molecule has 0 radical (unpaired) electrons. The maximum absolute atomic E-state index is 13.8. The van der Waals surface area contributed by atoms with Gasteiger partial charge in [0.2, 0.25) is 0 Å². The Morgan fingerprint density at radius 2 is 1.67 bits per heavy atom. The standard InChI is InChI=1S/C38H60N2O5/c1-23(2)31-27(42)20-38(39-33(43)44-22-25-14-19-40(9)21-25)18-17-36(7)26(32(31)38)10-11-29-35(6)15-13-30(45-24(3)41)34(4,5)28(35)12-16-37(29,36)8/h23,25-26,28-30H,10-22H2,1-9H3,(H,39,43)/t25?,26?,28?,29?,30-,35-,36+,37+,38+/m0/s1. The Hall–Kier alpha value is -1.89. The van der Waals surface area contributed by atoms with Gasteiger partial charge in [-0.3, -0.25) is 9.59 Å². The number of carbonyl (C=O) groups excluding carboxylic acids is 3. The van der Waals surface area contributed by atoms with Gasteiger partial charge in [-0.2, -0.15) is 0 Å². The summed E-state index contributed by atoms with van der Waals surface area (Å²) in [6.45, 7) is 20.6. The van der Waals surface area contributed by atoms with Crippen molar-refractivity contribution in [1.29, 1.82) is 0 Å². The molecular weight excluding hydrogens is 564 g/mol. The number of hydrogen-bond acceptors (Lipinski definition) is 6. The summed E-state index contributed by atoms with van der Waals surface area (Å²) < 4.78 is 11.8. The molecule has 5 aliphatic carbocycles. The molecule has 1 amide bonds. The molecule has 0 aromatic rings. The van der Waals surface area contributed by atoms with Crippen molar-refractivity contribution >= 4 is 17.8 Å². The minimum Gasteiger partial charge on any atom is -0.462 e. The fourth-order valence-electron chi connectivity index (χ4n) is 12.7. The number of likely N-dealkylation sites (tertiary alicyclic amines) is 1. The molecule has 4 unspecified atom stereocenters. The van der Waals surface area contributed by atoms with E-state index < -0.39 is 5.54 Å². The van der Waals surface area contributed by atoms with Crippen LogP contribution < -0.4 is 5.32 Å². The van der Waals surface area contributed by atoms with Gasteiger partial charge in [0.25, 0.3) is 0 Å². The molecule has 4 saturated carbocycles. The molecular formula is C38H60N2O5. The molecule has 1 N–H and O–H groups in total. The average molecular weight is 625 g/mol. The van der Waals surface area contributed by atoms with Crippen molar-refractivity contribution in [3.63, 3.8) is 0 Å². The Morgan fingerprint density at radius 1 is 0.933 bits per heavy atom. The second-order valence-corrected chi connectivity index (χ2v) is 17.9. The van der Waals surface area contributed by atoms with E-state index in [0.717, 1.165) is 76.5 Å². The number of Topliss-reactive ketones (excluding diaryl/α,β-unsaturated/α-hetero) is 1. The van der Waals surface area contributed by atoms with Gasteiger partial charge >= 0.3 is 12.1 Å². The van der Waals surface area contributed by atoms with Crippen LogP contribution in [0.3, 0.4) is 0 Å². The van der Waals surface area contributed by atoms with Gasteiger partial charge in [-0.05, 0) is 122 Å². The first-order chi connectivity index (χ1) is 21.0. The van der Waals surface area contributed by atoms with E-state index in [1.54, 1.807) is 6.92 Å². The quantitative estimate of drug-likeness (QED) is 0.323. The third kappa shape index (κ3) is 4.94. The molecule has 9 atom stereocenters. The highest BCUT2D eigenvalue weighted by atomic mass is 16.6. The van der Waals surface area contributed by atoms with E-state index >= 15 is 0 Å². The molecule has 1 heterocycles. The van der Waals surface area contributed by atoms with Crippen LogP contribution in [0.2, 0.25) is 0 Å². The number of amides is 1. The number of alkyl carbamates (subject to hydrolysis) is 1. The average Bonchev–Trinajstić information content (AvgIpc) is 3.49. The number of ether oxygens (including phenoxy) is 2. The Kier molecular flexibility index (Phi) is 8.14. The summed E-state index contributed by atoms with van der Waals surface area (Å²) in [6, 6.07) is 0. The molecule has 0 spiro atoms. The summed E-state index contributed by atoms with van der Waals surface area (Å²) in [4.78, 5) is 41.6. The maximum atomic E-state index is 13.8. The van der Waals surface area contributed by atoms with Crippen LogP contribution in [-0.2, 0) is 19.1 Å². The normalized spacial score (nSPS) is 44.1. The monoisotopic (exact) mass is 624 g/mol. The molecule has 5 fully saturated rings. The highest BCUT2D eigenvalue weighted by Crippen LogP contribution is 2.75. The predicted molar refractivity (Wildman–Crippen MR) is 175 cm³/mol. The number of rotatable bonds is 5. The van der Waals surface area contributed by atoms with E-state index in [2.05, 4.69) is 65.7 Å². The van der Waals surface area contributed by atoms with Crippen LogP contribution in [0.1, 0.15) is 120 Å². The Balaban J connectivity index is 1.30. The van der Waals surface area contributed by atoms with E-state index in [-0.39, 0.29) is 57.4 Å². The van der Waals surface area contributed by atoms with E-state index in [1.807, 2.05) is 0 Å². The third-order valence-corrected chi connectivity index (χ3v) is 15.0. The number of nitrogens with zero attached hydrogens (tertiary/aromatic N) is 1. The van der Waals surface area contributed by atoms with Gasteiger partial charge in [-0.15, -0.1) is 0 Å². The minimum absolute atomic E-state index is 0.0247. The summed E-state index contributed by atoms with van der Waals surface area (Å²) >= 11 is 0. The van der Waals surface area contributed by atoms with Gasteiger partial charge in [-0.1, -0.05) is 48.5 Å². The topological polar surface area (TPSA) is 84.9 Å². The lowest BCUT2D eigenvalue weighted by molar-refractivity contribution is -0.231. The third-order valence-electron chi connectivity index (χ3n) is 15.0. The van der Waals surface area contributed by atoms with Crippen LogP contribution in [0.15, 0.2) is 11.1 Å². The summed E-state index contributed by atoms with van der Waals surface area (Å²) in [7, 11) is 2.11. The number of allylic oxidation sites excluding steroid dienone is 1. The van der Waals surface area contributed by atoms with Crippen molar-refractivity contribution in [1.82, 2.24) is 10.2 Å². The molecule has 7 nitrogen and oxygen atoms in total. The number of carbonyl (C=O) groups is 3. The lowest BCUT2D eigenvalue weighted by atomic mass is 9.33. The van der Waals surface area contributed by atoms with Gasteiger partial charge < -0.3 is 19.7 Å². The Labute approximate surface area is 272 Å². The first kappa shape index (κ1) is 33.0. The van der Waals surface area contributed by atoms with Gasteiger partial charge in [0, 0.05) is 31.2 Å². The van der Waals surface area contributed by atoms with Crippen LogP contribution in [0.25, 0.3) is 0 Å². The summed E-state index contributed by atoms with van der Waals surface area (Å²) in [5, 5.41) is 3.37. The zero-order chi connectivity index (χ0) is 32.7. The molecule has 252 valence electrons.